The van der Waals surface area contributed by atoms with Gasteiger partial charge in [0.15, 0.2) is 0 Å². The van der Waals surface area contributed by atoms with Gasteiger partial charge < -0.3 is 5.73 Å². The standard InChI is InChI=1S/C14H12N4S/c1-9-14(19-13-6-7-16-8-10(13)15)18-12-5-3-2-4-11(12)17-9/h2-8H,15H2,1H3. The third kappa shape index (κ3) is 2.37. The normalized spacial score (nSPS) is 10.8. The van der Waals surface area contributed by atoms with E-state index in [9.17, 15) is 0 Å². The maximum atomic E-state index is 5.90. The number of fused-ring (bicyclic) bond motifs is 1. The average molecular weight is 268 g/mol. The summed E-state index contributed by atoms with van der Waals surface area (Å²) in [7, 11) is 0. The Bertz CT molecular complexity index is 742. The summed E-state index contributed by atoms with van der Waals surface area (Å²) in [5, 5.41) is 0.872. The number of benzene rings is 1. The molecule has 0 amide bonds. The highest BCUT2D eigenvalue weighted by molar-refractivity contribution is 7.99. The highest BCUT2D eigenvalue weighted by atomic mass is 32.2. The lowest BCUT2D eigenvalue weighted by molar-refractivity contribution is 1.04. The molecule has 0 fully saturated rings. The molecule has 2 heterocycles. The molecule has 2 aromatic heterocycles. The van der Waals surface area contributed by atoms with Crippen LogP contribution in [0.2, 0.25) is 0 Å². The Morgan fingerprint density at radius 3 is 2.53 bits per heavy atom. The monoisotopic (exact) mass is 268 g/mol. The van der Waals surface area contributed by atoms with Gasteiger partial charge in [-0.1, -0.05) is 23.9 Å². The number of pyridine rings is 1. The first-order valence-corrected chi connectivity index (χ1v) is 6.66. The minimum absolute atomic E-state index is 0.654. The molecule has 0 spiro atoms. The van der Waals surface area contributed by atoms with Crippen molar-refractivity contribution < 1.29 is 0 Å². The zero-order valence-electron chi connectivity index (χ0n) is 10.4. The van der Waals surface area contributed by atoms with E-state index in [2.05, 4.69) is 15.0 Å². The van der Waals surface area contributed by atoms with E-state index in [0.717, 1.165) is 26.6 Å². The summed E-state index contributed by atoms with van der Waals surface area (Å²) < 4.78 is 0. The van der Waals surface area contributed by atoms with Gasteiger partial charge in [0.2, 0.25) is 0 Å². The number of hydrogen-bond donors (Lipinski definition) is 1. The van der Waals surface area contributed by atoms with Crippen LogP contribution in [-0.4, -0.2) is 15.0 Å². The van der Waals surface area contributed by atoms with Gasteiger partial charge >= 0.3 is 0 Å². The van der Waals surface area contributed by atoms with Crippen LogP contribution in [-0.2, 0) is 0 Å². The Hall–Kier alpha value is -2.14. The van der Waals surface area contributed by atoms with Crippen LogP contribution in [0.1, 0.15) is 5.69 Å². The first-order valence-electron chi connectivity index (χ1n) is 5.85. The Morgan fingerprint density at radius 1 is 1.05 bits per heavy atom. The van der Waals surface area contributed by atoms with Crippen molar-refractivity contribution in [3.05, 3.63) is 48.4 Å². The van der Waals surface area contributed by atoms with E-state index in [1.165, 1.54) is 11.8 Å². The number of hydrogen-bond acceptors (Lipinski definition) is 5. The predicted octanol–water partition coefficient (Wildman–Crippen LogP) is 3.07. The van der Waals surface area contributed by atoms with E-state index in [1.807, 2.05) is 37.3 Å². The lowest BCUT2D eigenvalue weighted by Crippen LogP contribution is -1.94. The van der Waals surface area contributed by atoms with Crippen LogP contribution in [0, 0.1) is 6.92 Å². The molecule has 94 valence electrons. The Kier molecular flexibility index (Phi) is 3.05. The molecule has 0 unspecified atom stereocenters. The summed E-state index contributed by atoms with van der Waals surface area (Å²) in [4.78, 5) is 14.1. The highest BCUT2D eigenvalue weighted by Crippen LogP contribution is 2.32. The van der Waals surface area contributed by atoms with Gasteiger partial charge in [0.1, 0.15) is 5.03 Å². The van der Waals surface area contributed by atoms with Gasteiger partial charge in [-0.25, -0.2) is 9.97 Å². The fraction of sp³-hybridized carbons (Fsp3) is 0.0714. The molecule has 0 aliphatic carbocycles. The van der Waals surface area contributed by atoms with Gasteiger partial charge in [0, 0.05) is 11.1 Å². The van der Waals surface area contributed by atoms with Gasteiger partial charge in [-0.05, 0) is 25.1 Å². The van der Waals surface area contributed by atoms with Crippen molar-refractivity contribution in [2.45, 2.75) is 16.8 Å². The maximum absolute atomic E-state index is 5.90. The van der Waals surface area contributed by atoms with E-state index in [4.69, 9.17) is 5.73 Å². The molecule has 3 aromatic rings. The second-order valence-corrected chi connectivity index (χ2v) is 5.15. The molecule has 0 saturated heterocycles. The van der Waals surface area contributed by atoms with Crippen molar-refractivity contribution in [2.75, 3.05) is 5.73 Å². The lowest BCUT2D eigenvalue weighted by atomic mass is 10.3. The van der Waals surface area contributed by atoms with Gasteiger partial charge in [-0.2, -0.15) is 0 Å². The van der Waals surface area contributed by atoms with Crippen molar-refractivity contribution in [3.8, 4) is 0 Å². The molecule has 0 radical (unpaired) electrons. The molecule has 2 N–H and O–H groups in total. The third-order valence-corrected chi connectivity index (χ3v) is 3.89. The minimum Gasteiger partial charge on any atom is -0.397 e. The first kappa shape index (κ1) is 11.9. The van der Waals surface area contributed by atoms with Crippen molar-refractivity contribution in [3.63, 3.8) is 0 Å². The topological polar surface area (TPSA) is 64.7 Å². The Balaban J connectivity index is 2.06. The summed E-state index contributed by atoms with van der Waals surface area (Å²) in [6, 6.07) is 9.73. The second-order valence-electron chi connectivity index (χ2n) is 4.12. The number of aromatic nitrogens is 3. The molecule has 0 aliphatic heterocycles. The number of anilines is 1. The number of nitrogen functional groups attached to an aromatic ring is 1. The number of nitrogens with zero attached hydrogens (tertiary/aromatic N) is 3. The first-order chi connectivity index (χ1) is 9.24. The second kappa shape index (κ2) is 4.85. The van der Waals surface area contributed by atoms with Crippen LogP contribution in [0.4, 0.5) is 5.69 Å². The molecule has 0 atom stereocenters. The van der Waals surface area contributed by atoms with Crippen LogP contribution in [0.15, 0.2) is 52.6 Å². The fourth-order valence-corrected chi connectivity index (χ4v) is 2.60. The van der Waals surface area contributed by atoms with E-state index >= 15 is 0 Å². The molecule has 1 aromatic carbocycles. The Morgan fingerprint density at radius 2 is 1.79 bits per heavy atom. The molecule has 0 saturated carbocycles. The van der Waals surface area contributed by atoms with Gasteiger partial charge in [0.05, 0.1) is 28.6 Å². The lowest BCUT2D eigenvalue weighted by Gasteiger charge is -2.07. The smallest absolute Gasteiger partial charge is 0.123 e. The molecule has 0 bridgehead atoms. The van der Waals surface area contributed by atoms with Crippen LogP contribution in [0.25, 0.3) is 11.0 Å². The summed E-state index contributed by atoms with van der Waals surface area (Å²) in [5.74, 6) is 0. The van der Waals surface area contributed by atoms with E-state index in [0.29, 0.717) is 5.69 Å². The predicted molar refractivity (Wildman–Crippen MR) is 77.0 cm³/mol. The Labute approximate surface area is 115 Å². The summed E-state index contributed by atoms with van der Waals surface area (Å²) in [5.41, 5.74) is 9.26. The number of nitrogens with two attached hydrogens (primary N) is 1. The molecule has 5 heteroatoms. The number of rotatable bonds is 2. The third-order valence-electron chi connectivity index (χ3n) is 2.72. The molecule has 0 aliphatic rings. The number of aryl methyl sites for hydroxylation is 1. The summed E-state index contributed by atoms with van der Waals surface area (Å²) in [6.45, 7) is 1.96. The number of para-hydroxylation sites is 2. The minimum atomic E-state index is 0.654. The average Bonchev–Trinajstić information content (AvgIpc) is 2.42. The molecular formula is C14H12N4S. The van der Waals surface area contributed by atoms with Gasteiger partial charge in [-0.15, -0.1) is 0 Å². The molecule has 3 rings (SSSR count). The molecule has 4 nitrogen and oxygen atoms in total. The summed E-state index contributed by atoms with van der Waals surface area (Å²) in [6.07, 6.45) is 3.37. The van der Waals surface area contributed by atoms with Crippen molar-refractivity contribution >= 4 is 28.5 Å². The fourth-order valence-electron chi connectivity index (χ4n) is 1.76. The highest BCUT2D eigenvalue weighted by Gasteiger charge is 2.08. The van der Waals surface area contributed by atoms with Crippen molar-refractivity contribution in [1.29, 1.82) is 0 Å². The van der Waals surface area contributed by atoms with Gasteiger partial charge in [-0.3, -0.25) is 4.98 Å². The van der Waals surface area contributed by atoms with Crippen molar-refractivity contribution in [2.24, 2.45) is 0 Å². The van der Waals surface area contributed by atoms with Crippen LogP contribution >= 0.6 is 11.8 Å². The molecule has 19 heavy (non-hydrogen) atoms. The SMILES string of the molecule is Cc1nc2ccccc2nc1Sc1ccncc1N. The zero-order valence-corrected chi connectivity index (χ0v) is 11.2. The van der Waals surface area contributed by atoms with E-state index in [-0.39, 0.29) is 0 Å². The summed E-state index contributed by atoms with van der Waals surface area (Å²) >= 11 is 1.52. The van der Waals surface area contributed by atoms with Crippen LogP contribution in [0.5, 0.6) is 0 Å². The van der Waals surface area contributed by atoms with Crippen LogP contribution in [0.3, 0.4) is 0 Å². The van der Waals surface area contributed by atoms with Crippen LogP contribution < -0.4 is 5.73 Å². The zero-order chi connectivity index (χ0) is 13.2. The largest absolute Gasteiger partial charge is 0.397 e. The molecular weight excluding hydrogens is 256 g/mol. The van der Waals surface area contributed by atoms with Gasteiger partial charge in [0.25, 0.3) is 0 Å². The van der Waals surface area contributed by atoms with Crippen molar-refractivity contribution in [1.82, 2.24) is 15.0 Å². The quantitative estimate of drug-likeness (QED) is 0.773. The van der Waals surface area contributed by atoms with E-state index < -0.39 is 0 Å². The maximum Gasteiger partial charge on any atom is 0.123 e. The van der Waals surface area contributed by atoms with E-state index in [1.54, 1.807) is 12.4 Å².